The van der Waals surface area contributed by atoms with Crippen molar-refractivity contribution in [2.75, 3.05) is 0 Å². The molecule has 1 aromatic heterocycles. The van der Waals surface area contributed by atoms with E-state index in [-0.39, 0.29) is 0 Å². The van der Waals surface area contributed by atoms with E-state index in [1.807, 2.05) is 0 Å². The number of hydrogen-bond acceptors (Lipinski definition) is 0. The number of rotatable bonds is 21. The minimum atomic E-state index is 0.643. The molecule has 2 nitrogen and oxygen atoms in total. The van der Waals surface area contributed by atoms with Crippen molar-refractivity contribution in [3.05, 3.63) is 18.7 Å². The van der Waals surface area contributed by atoms with Crippen LogP contribution >= 0.6 is 0 Å². The summed E-state index contributed by atoms with van der Waals surface area (Å²) in [5, 5.41) is 0. The van der Waals surface area contributed by atoms with Gasteiger partial charge in [-0.25, -0.2) is 9.13 Å². The SMILES string of the molecule is CCCCCCCCCCCC[n+]1ccn(C(C)CCCCCCCCCC)c1. The molecule has 2 heteroatoms. The maximum Gasteiger partial charge on any atom is 0.243 e. The fourth-order valence-electron chi connectivity index (χ4n) is 4.31. The molecule has 0 spiro atoms. The van der Waals surface area contributed by atoms with Gasteiger partial charge in [0.2, 0.25) is 6.33 Å². The minimum Gasteiger partial charge on any atom is -0.237 e. The average molecular weight is 406 g/mol. The molecule has 0 radical (unpaired) electrons. The standard InChI is InChI=1S/C27H53N2/c1-4-6-8-10-12-14-15-17-19-21-23-28-24-25-29(26-28)27(3)22-20-18-16-13-11-9-7-5-2/h24-27H,4-23H2,1-3H3/q+1. The first-order valence-corrected chi connectivity index (χ1v) is 13.3. The van der Waals surface area contributed by atoms with E-state index >= 15 is 0 Å². The van der Waals surface area contributed by atoms with Crippen LogP contribution in [0.25, 0.3) is 0 Å². The van der Waals surface area contributed by atoms with Crippen LogP contribution < -0.4 is 4.57 Å². The van der Waals surface area contributed by atoms with Crippen LogP contribution in [0.5, 0.6) is 0 Å². The molecular weight excluding hydrogens is 352 g/mol. The molecule has 0 bridgehead atoms. The Morgan fingerprint density at radius 2 is 1.07 bits per heavy atom. The lowest BCUT2D eigenvalue weighted by Crippen LogP contribution is -2.31. The van der Waals surface area contributed by atoms with Crippen LogP contribution in [0.2, 0.25) is 0 Å². The van der Waals surface area contributed by atoms with Gasteiger partial charge < -0.3 is 0 Å². The predicted molar refractivity (Wildman–Crippen MR) is 128 cm³/mol. The fourth-order valence-corrected chi connectivity index (χ4v) is 4.31. The zero-order valence-corrected chi connectivity index (χ0v) is 20.3. The summed E-state index contributed by atoms with van der Waals surface area (Å²) in [6, 6.07) is 0.643. The Morgan fingerprint density at radius 1 is 0.621 bits per heavy atom. The van der Waals surface area contributed by atoms with Crippen LogP contribution in [-0.4, -0.2) is 4.57 Å². The molecule has 0 aliphatic rings. The first-order valence-electron chi connectivity index (χ1n) is 13.3. The molecule has 1 aromatic rings. The van der Waals surface area contributed by atoms with E-state index in [9.17, 15) is 0 Å². The highest BCUT2D eigenvalue weighted by molar-refractivity contribution is 4.72. The molecular formula is C27H53N2+. The van der Waals surface area contributed by atoms with E-state index < -0.39 is 0 Å². The van der Waals surface area contributed by atoms with Gasteiger partial charge in [0.05, 0.1) is 12.6 Å². The topological polar surface area (TPSA) is 8.81 Å². The van der Waals surface area contributed by atoms with Crippen LogP contribution in [-0.2, 0) is 6.54 Å². The van der Waals surface area contributed by atoms with Gasteiger partial charge in [-0.1, -0.05) is 110 Å². The third-order valence-corrected chi connectivity index (χ3v) is 6.47. The normalized spacial score (nSPS) is 12.5. The largest absolute Gasteiger partial charge is 0.243 e. The number of hydrogen-bond donors (Lipinski definition) is 0. The molecule has 0 aliphatic heterocycles. The van der Waals surface area contributed by atoms with Crippen molar-refractivity contribution in [1.29, 1.82) is 0 Å². The smallest absolute Gasteiger partial charge is 0.237 e. The van der Waals surface area contributed by atoms with Gasteiger partial charge in [-0.15, -0.1) is 0 Å². The third-order valence-electron chi connectivity index (χ3n) is 6.47. The average Bonchev–Trinajstić information content (AvgIpc) is 3.20. The van der Waals surface area contributed by atoms with Gasteiger partial charge in [-0.2, -0.15) is 0 Å². The number of nitrogens with zero attached hydrogens (tertiary/aromatic N) is 2. The van der Waals surface area contributed by atoms with Crippen molar-refractivity contribution in [3.8, 4) is 0 Å². The molecule has 170 valence electrons. The van der Waals surface area contributed by atoms with Crippen LogP contribution in [0.3, 0.4) is 0 Å². The number of aryl methyl sites for hydroxylation is 1. The van der Waals surface area contributed by atoms with E-state index in [2.05, 4.69) is 48.6 Å². The summed E-state index contributed by atoms with van der Waals surface area (Å²) in [5.41, 5.74) is 0. The second kappa shape index (κ2) is 19.2. The molecule has 0 saturated heterocycles. The van der Waals surface area contributed by atoms with E-state index in [0.29, 0.717) is 6.04 Å². The summed E-state index contributed by atoms with van der Waals surface area (Å²) in [6.07, 6.45) is 33.7. The van der Waals surface area contributed by atoms with E-state index in [1.165, 1.54) is 129 Å². The molecule has 1 rings (SSSR count). The molecule has 29 heavy (non-hydrogen) atoms. The highest BCUT2D eigenvalue weighted by atomic mass is 15.1. The molecule has 1 heterocycles. The Morgan fingerprint density at radius 3 is 1.59 bits per heavy atom. The van der Waals surface area contributed by atoms with Crippen LogP contribution in [0.1, 0.15) is 149 Å². The van der Waals surface area contributed by atoms with Gasteiger partial charge in [-0.05, 0) is 32.6 Å². The molecule has 0 fully saturated rings. The van der Waals surface area contributed by atoms with E-state index in [1.54, 1.807) is 0 Å². The summed E-state index contributed by atoms with van der Waals surface area (Å²) < 4.78 is 4.83. The van der Waals surface area contributed by atoms with Crippen molar-refractivity contribution < 1.29 is 4.57 Å². The Balaban J connectivity index is 1.98. The van der Waals surface area contributed by atoms with Gasteiger partial charge in [0.1, 0.15) is 12.4 Å². The predicted octanol–water partition coefficient (Wildman–Crippen LogP) is 8.79. The third kappa shape index (κ3) is 14.8. The van der Waals surface area contributed by atoms with Crippen molar-refractivity contribution in [3.63, 3.8) is 0 Å². The number of aromatic nitrogens is 2. The fraction of sp³-hybridized carbons (Fsp3) is 0.889. The summed E-state index contributed by atoms with van der Waals surface area (Å²) in [7, 11) is 0. The second-order valence-electron chi connectivity index (χ2n) is 9.39. The van der Waals surface area contributed by atoms with Gasteiger partial charge in [-0.3, -0.25) is 0 Å². The summed E-state index contributed by atoms with van der Waals surface area (Å²) >= 11 is 0. The highest BCUT2D eigenvalue weighted by Crippen LogP contribution is 2.16. The zero-order valence-electron chi connectivity index (χ0n) is 20.3. The molecule has 1 unspecified atom stereocenters. The van der Waals surface area contributed by atoms with Crippen LogP contribution in [0.4, 0.5) is 0 Å². The Bertz CT molecular complexity index is 451. The number of unbranched alkanes of at least 4 members (excludes halogenated alkanes) is 16. The number of imidazole rings is 1. The Kier molecular flexibility index (Phi) is 17.4. The Labute approximate surface area is 183 Å². The van der Waals surface area contributed by atoms with Crippen molar-refractivity contribution in [2.45, 2.75) is 155 Å². The Hall–Kier alpha value is -0.790. The summed E-state index contributed by atoms with van der Waals surface area (Å²) in [5.74, 6) is 0. The van der Waals surface area contributed by atoms with Crippen LogP contribution in [0.15, 0.2) is 18.7 Å². The first kappa shape index (κ1) is 26.2. The molecule has 1 atom stereocenters. The molecule has 0 N–H and O–H groups in total. The van der Waals surface area contributed by atoms with Gasteiger partial charge in [0.25, 0.3) is 0 Å². The molecule has 0 aliphatic carbocycles. The molecule has 0 aromatic carbocycles. The lowest BCUT2D eigenvalue weighted by Gasteiger charge is -2.08. The van der Waals surface area contributed by atoms with E-state index in [0.717, 1.165) is 0 Å². The summed E-state index contributed by atoms with van der Waals surface area (Å²) in [6.45, 7) is 8.16. The molecule has 0 saturated carbocycles. The van der Waals surface area contributed by atoms with Crippen LogP contribution in [0, 0.1) is 0 Å². The maximum atomic E-state index is 2.43. The zero-order chi connectivity index (χ0) is 21.0. The van der Waals surface area contributed by atoms with Crippen molar-refractivity contribution in [2.24, 2.45) is 0 Å². The molecule has 0 amide bonds. The monoisotopic (exact) mass is 405 g/mol. The van der Waals surface area contributed by atoms with E-state index in [4.69, 9.17) is 0 Å². The second-order valence-corrected chi connectivity index (χ2v) is 9.39. The quantitative estimate of drug-likeness (QED) is 0.143. The van der Waals surface area contributed by atoms with Crippen molar-refractivity contribution >= 4 is 0 Å². The van der Waals surface area contributed by atoms with Crippen molar-refractivity contribution in [1.82, 2.24) is 4.57 Å². The van der Waals surface area contributed by atoms with Gasteiger partial charge in [0.15, 0.2) is 0 Å². The van der Waals surface area contributed by atoms with Gasteiger partial charge >= 0.3 is 0 Å². The lowest BCUT2D eigenvalue weighted by atomic mass is 10.1. The first-order chi connectivity index (χ1) is 14.3. The summed E-state index contributed by atoms with van der Waals surface area (Å²) in [4.78, 5) is 0. The maximum absolute atomic E-state index is 2.43. The highest BCUT2D eigenvalue weighted by Gasteiger charge is 2.11. The minimum absolute atomic E-state index is 0.643. The van der Waals surface area contributed by atoms with Gasteiger partial charge in [0, 0.05) is 0 Å². The lowest BCUT2D eigenvalue weighted by molar-refractivity contribution is -0.697.